The molecule has 96 valence electrons. The predicted molar refractivity (Wildman–Crippen MR) is 65.3 cm³/mol. The van der Waals surface area contributed by atoms with Gasteiger partial charge in [-0.3, -0.25) is 0 Å². The van der Waals surface area contributed by atoms with Gasteiger partial charge in [-0.1, -0.05) is 0 Å². The van der Waals surface area contributed by atoms with Crippen LogP contribution in [0.1, 0.15) is 16.1 Å². The maximum absolute atomic E-state index is 11.6. The van der Waals surface area contributed by atoms with Crippen molar-refractivity contribution in [2.75, 3.05) is 7.11 Å². The maximum Gasteiger partial charge on any atom is 0.342 e. The van der Waals surface area contributed by atoms with Crippen LogP contribution in [0.15, 0.2) is 27.5 Å². The Hall–Kier alpha value is -1.53. The molecule has 7 heteroatoms. The lowest BCUT2D eigenvalue weighted by Gasteiger charge is -1.98. The summed E-state index contributed by atoms with van der Waals surface area (Å²) in [5, 5.41) is 0.362. The molecule has 0 radical (unpaired) electrons. The Morgan fingerprint density at radius 2 is 2.06 bits per heavy atom. The second-order valence-electron chi connectivity index (χ2n) is 3.62. The number of furan rings is 1. The Labute approximate surface area is 108 Å². The Morgan fingerprint density at radius 1 is 1.39 bits per heavy atom. The first kappa shape index (κ1) is 12.9. The van der Waals surface area contributed by atoms with Crippen LogP contribution in [-0.2, 0) is 13.8 Å². The molecule has 0 aliphatic rings. The quantitative estimate of drug-likeness (QED) is 0.627. The maximum atomic E-state index is 11.6. The number of carbonyl (C=O) groups excluding carboxylic acids is 1. The van der Waals surface area contributed by atoms with Crippen molar-refractivity contribution in [3.8, 4) is 0 Å². The SMILES string of the molecule is COC(=O)c1c(C)oc2ccc(S(=O)(=O)Cl)cc12. The van der Waals surface area contributed by atoms with Gasteiger partial charge in [0, 0.05) is 16.1 Å². The van der Waals surface area contributed by atoms with E-state index in [0.29, 0.717) is 16.7 Å². The smallest absolute Gasteiger partial charge is 0.342 e. The minimum atomic E-state index is -3.86. The minimum absolute atomic E-state index is 0.0948. The molecule has 0 saturated carbocycles. The van der Waals surface area contributed by atoms with Crippen molar-refractivity contribution < 1.29 is 22.4 Å². The monoisotopic (exact) mass is 288 g/mol. The molecule has 0 unspecified atom stereocenters. The second-order valence-corrected chi connectivity index (χ2v) is 6.19. The van der Waals surface area contributed by atoms with Crippen LogP contribution in [0.3, 0.4) is 0 Å². The lowest BCUT2D eigenvalue weighted by molar-refractivity contribution is 0.0600. The van der Waals surface area contributed by atoms with Gasteiger partial charge in [0.2, 0.25) is 0 Å². The first-order valence-corrected chi connectivity index (χ1v) is 7.21. The van der Waals surface area contributed by atoms with Gasteiger partial charge in [0.05, 0.1) is 12.0 Å². The zero-order chi connectivity index (χ0) is 13.5. The highest BCUT2D eigenvalue weighted by atomic mass is 35.7. The first-order valence-electron chi connectivity index (χ1n) is 4.90. The number of benzene rings is 1. The van der Waals surface area contributed by atoms with Gasteiger partial charge >= 0.3 is 5.97 Å². The highest BCUT2D eigenvalue weighted by molar-refractivity contribution is 8.13. The fourth-order valence-electron chi connectivity index (χ4n) is 1.71. The number of rotatable bonds is 2. The van der Waals surface area contributed by atoms with Gasteiger partial charge in [-0.15, -0.1) is 0 Å². The number of methoxy groups -OCH3 is 1. The van der Waals surface area contributed by atoms with Gasteiger partial charge in [-0.05, 0) is 25.1 Å². The average Bonchev–Trinajstić information content (AvgIpc) is 2.61. The summed E-state index contributed by atoms with van der Waals surface area (Å²) in [6.07, 6.45) is 0. The summed E-state index contributed by atoms with van der Waals surface area (Å²) in [6.45, 7) is 1.60. The van der Waals surface area contributed by atoms with Crippen LogP contribution in [0.4, 0.5) is 0 Å². The van der Waals surface area contributed by atoms with Crippen molar-refractivity contribution in [3.05, 3.63) is 29.5 Å². The zero-order valence-corrected chi connectivity index (χ0v) is 11.1. The molecule has 18 heavy (non-hydrogen) atoms. The fourth-order valence-corrected chi connectivity index (χ4v) is 2.48. The minimum Gasteiger partial charge on any atom is -0.465 e. The van der Waals surface area contributed by atoms with Gasteiger partial charge in [0.25, 0.3) is 9.05 Å². The fraction of sp³-hybridized carbons (Fsp3) is 0.182. The third-order valence-electron chi connectivity index (χ3n) is 2.51. The van der Waals surface area contributed by atoms with Gasteiger partial charge < -0.3 is 9.15 Å². The Morgan fingerprint density at radius 3 is 2.61 bits per heavy atom. The molecule has 0 aliphatic heterocycles. The average molecular weight is 289 g/mol. The molecule has 0 N–H and O–H groups in total. The van der Waals surface area contributed by atoms with E-state index in [4.69, 9.17) is 15.1 Å². The molecule has 0 amide bonds. The molecular formula is C11H9ClO5S. The summed E-state index contributed by atoms with van der Waals surface area (Å²) in [4.78, 5) is 11.5. The van der Waals surface area contributed by atoms with Crippen LogP contribution in [0, 0.1) is 6.92 Å². The number of esters is 1. The lowest BCUT2D eigenvalue weighted by atomic mass is 10.1. The van der Waals surface area contributed by atoms with E-state index in [1.54, 1.807) is 6.92 Å². The molecule has 2 aromatic rings. The molecule has 0 atom stereocenters. The van der Waals surface area contributed by atoms with Crippen molar-refractivity contribution >= 4 is 36.7 Å². The summed E-state index contributed by atoms with van der Waals surface area (Å²) in [5.74, 6) is -0.226. The molecule has 1 heterocycles. The highest BCUT2D eigenvalue weighted by Crippen LogP contribution is 2.29. The summed E-state index contributed by atoms with van der Waals surface area (Å²) >= 11 is 0. The topological polar surface area (TPSA) is 73.6 Å². The first-order chi connectivity index (χ1) is 8.34. The molecule has 0 fully saturated rings. The van der Waals surface area contributed by atoms with Gasteiger partial charge in [0.1, 0.15) is 16.9 Å². The second kappa shape index (κ2) is 4.29. The number of carbonyl (C=O) groups is 1. The van der Waals surface area contributed by atoms with E-state index in [1.165, 1.54) is 25.3 Å². The van der Waals surface area contributed by atoms with Gasteiger partial charge in [-0.25, -0.2) is 13.2 Å². The third-order valence-corrected chi connectivity index (χ3v) is 3.86. The van der Waals surface area contributed by atoms with Crippen molar-refractivity contribution in [1.29, 1.82) is 0 Å². The number of aryl methyl sites for hydroxylation is 1. The molecule has 2 rings (SSSR count). The predicted octanol–water partition coefficient (Wildman–Crippen LogP) is 2.46. The van der Waals surface area contributed by atoms with Gasteiger partial charge in [0.15, 0.2) is 0 Å². The Bertz CT molecular complexity index is 729. The van der Waals surface area contributed by atoms with E-state index in [9.17, 15) is 13.2 Å². The molecular weight excluding hydrogens is 280 g/mol. The normalized spacial score (nSPS) is 11.7. The summed E-state index contributed by atoms with van der Waals surface area (Å²) in [5.41, 5.74) is 0.603. The summed E-state index contributed by atoms with van der Waals surface area (Å²) in [7, 11) is 2.64. The molecule has 1 aromatic carbocycles. The number of hydrogen-bond donors (Lipinski definition) is 0. The van der Waals surface area contributed by atoms with Crippen LogP contribution < -0.4 is 0 Å². The van der Waals surface area contributed by atoms with Crippen LogP contribution in [0.25, 0.3) is 11.0 Å². The van der Waals surface area contributed by atoms with Crippen LogP contribution >= 0.6 is 10.7 Å². The van der Waals surface area contributed by atoms with E-state index in [0.717, 1.165) is 0 Å². The van der Waals surface area contributed by atoms with Crippen molar-refractivity contribution in [2.24, 2.45) is 0 Å². The number of ether oxygens (including phenoxy) is 1. The number of hydrogen-bond acceptors (Lipinski definition) is 5. The van der Waals surface area contributed by atoms with Crippen molar-refractivity contribution in [3.63, 3.8) is 0 Å². The van der Waals surface area contributed by atoms with E-state index in [1.807, 2.05) is 0 Å². The lowest BCUT2D eigenvalue weighted by Crippen LogP contribution is -2.02. The van der Waals surface area contributed by atoms with Crippen LogP contribution in [0.2, 0.25) is 0 Å². The Kier molecular flexibility index (Phi) is 3.08. The van der Waals surface area contributed by atoms with Gasteiger partial charge in [-0.2, -0.15) is 0 Å². The largest absolute Gasteiger partial charge is 0.465 e. The Balaban J connectivity index is 2.79. The summed E-state index contributed by atoms with van der Waals surface area (Å²) in [6, 6.07) is 4.05. The summed E-state index contributed by atoms with van der Waals surface area (Å²) < 4.78 is 32.5. The van der Waals surface area contributed by atoms with Crippen molar-refractivity contribution in [2.45, 2.75) is 11.8 Å². The molecule has 0 saturated heterocycles. The van der Waals surface area contributed by atoms with Crippen LogP contribution in [0.5, 0.6) is 0 Å². The zero-order valence-electron chi connectivity index (χ0n) is 9.56. The van der Waals surface area contributed by atoms with Crippen molar-refractivity contribution in [1.82, 2.24) is 0 Å². The molecule has 5 nitrogen and oxygen atoms in total. The van der Waals surface area contributed by atoms with E-state index < -0.39 is 15.0 Å². The molecule has 0 bridgehead atoms. The van der Waals surface area contributed by atoms with E-state index >= 15 is 0 Å². The standard InChI is InChI=1S/C11H9ClO5S/c1-6-10(11(13)16-2)8-5-7(18(12,14)15)3-4-9(8)17-6/h3-5H,1-2H3. The molecule has 1 aromatic heterocycles. The number of halogens is 1. The van der Waals surface area contributed by atoms with Crippen LogP contribution in [-0.4, -0.2) is 21.5 Å². The number of fused-ring (bicyclic) bond motifs is 1. The van der Waals surface area contributed by atoms with E-state index in [-0.39, 0.29) is 10.5 Å². The highest BCUT2D eigenvalue weighted by Gasteiger charge is 2.21. The third kappa shape index (κ3) is 2.09. The molecule has 0 spiro atoms. The molecule has 0 aliphatic carbocycles. The van der Waals surface area contributed by atoms with E-state index in [2.05, 4.69) is 4.74 Å².